The molecule has 0 spiro atoms. The minimum atomic E-state index is -4.88. The van der Waals surface area contributed by atoms with E-state index in [4.69, 9.17) is 0 Å². The monoisotopic (exact) mass is 184 g/mol. The first-order valence-corrected chi connectivity index (χ1v) is 2.90. The van der Waals surface area contributed by atoms with E-state index in [1.54, 1.807) is 0 Å². The molecule has 0 aromatic heterocycles. The van der Waals surface area contributed by atoms with Gasteiger partial charge in [-0.15, -0.1) is 13.2 Å². The molecule has 0 atom stereocenters. The summed E-state index contributed by atoms with van der Waals surface area (Å²) in [5, 5.41) is -0.685. The summed E-state index contributed by atoms with van der Waals surface area (Å²) in [5.41, 5.74) is 1.34. The van der Waals surface area contributed by atoms with Crippen molar-refractivity contribution in [3.63, 3.8) is 0 Å². The van der Waals surface area contributed by atoms with Crippen LogP contribution in [-0.4, -0.2) is 23.1 Å². The molecule has 0 saturated carbocycles. The quantitative estimate of drug-likeness (QED) is 0.437. The lowest BCUT2D eigenvalue weighted by Crippen LogP contribution is -2.52. The largest absolute Gasteiger partial charge is 0.505 e. The number of hydrogen-bond donors (Lipinski definition) is 1. The minimum Gasteiger partial charge on any atom is -0.274 e. The van der Waals surface area contributed by atoms with Gasteiger partial charge < -0.3 is 0 Å². The lowest BCUT2D eigenvalue weighted by atomic mass is 10.6. The first-order valence-electron chi connectivity index (χ1n) is 2.90. The van der Waals surface area contributed by atoms with Crippen LogP contribution in [0, 0.1) is 0 Å². The van der Waals surface area contributed by atoms with Gasteiger partial charge in [0.2, 0.25) is 11.8 Å². The molecule has 0 saturated heterocycles. The number of nitrogens with one attached hydrogen (secondary N) is 1. The number of carbonyl (C=O) groups is 2. The van der Waals surface area contributed by atoms with E-state index in [2.05, 4.69) is 0 Å². The van der Waals surface area contributed by atoms with E-state index in [1.165, 1.54) is 5.43 Å². The van der Waals surface area contributed by atoms with Gasteiger partial charge in [0.25, 0.3) is 0 Å². The third-order valence-corrected chi connectivity index (χ3v) is 0.838. The molecule has 0 fully saturated rings. The molecule has 0 aliphatic rings. The fourth-order valence-electron chi connectivity index (χ4n) is 0.478. The van der Waals surface area contributed by atoms with Crippen LogP contribution in [0.4, 0.5) is 13.2 Å². The van der Waals surface area contributed by atoms with Crippen LogP contribution in [0.25, 0.3) is 0 Å². The molecule has 12 heavy (non-hydrogen) atoms. The second-order valence-electron chi connectivity index (χ2n) is 1.99. The fraction of sp³-hybridized carbons (Fsp3) is 0.600. The van der Waals surface area contributed by atoms with Crippen molar-refractivity contribution >= 4 is 11.8 Å². The van der Waals surface area contributed by atoms with E-state index in [9.17, 15) is 22.8 Å². The highest BCUT2D eigenvalue weighted by Gasteiger charge is 2.40. The molecule has 0 rings (SSSR count). The third kappa shape index (κ3) is 3.22. The highest BCUT2D eigenvalue weighted by molar-refractivity contribution is 5.79. The Morgan fingerprint density at radius 1 is 1.25 bits per heavy atom. The molecule has 4 nitrogen and oxygen atoms in total. The number of halogens is 3. The first-order chi connectivity index (χ1) is 5.25. The van der Waals surface area contributed by atoms with Crippen molar-refractivity contribution in [2.24, 2.45) is 0 Å². The van der Waals surface area contributed by atoms with Crippen LogP contribution >= 0.6 is 0 Å². The minimum absolute atomic E-state index is 0.685. The van der Waals surface area contributed by atoms with Crippen LogP contribution in [0.1, 0.15) is 13.8 Å². The molecular formula is C5H7F3N2O2. The molecule has 2 amide bonds. The van der Waals surface area contributed by atoms with Crippen molar-refractivity contribution in [1.29, 1.82) is 0 Å². The Hall–Kier alpha value is -1.27. The molecule has 1 N–H and O–H groups in total. The van der Waals surface area contributed by atoms with E-state index in [1.807, 2.05) is 0 Å². The maximum absolute atomic E-state index is 11.8. The van der Waals surface area contributed by atoms with E-state index in [0.29, 0.717) is 6.92 Å². The second kappa shape index (κ2) is 3.42. The van der Waals surface area contributed by atoms with Gasteiger partial charge >= 0.3 is 6.30 Å². The van der Waals surface area contributed by atoms with Crippen molar-refractivity contribution in [3.05, 3.63) is 0 Å². The highest BCUT2D eigenvalue weighted by atomic mass is 19.4. The van der Waals surface area contributed by atoms with Gasteiger partial charge in [-0.25, -0.2) is 0 Å². The van der Waals surface area contributed by atoms with Gasteiger partial charge in [-0.1, -0.05) is 0 Å². The predicted octanol–water partition coefficient (Wildman–Crippen LogP) is 0.406. The number of hydrazine groups is 1. The molecule has 0 aliphatic carbocycles. The summed E-state index contributed by atoms with van der Waals surface area (Å²) in [6.45, 7) is 1.57. The normalized spacial score (nSPS) is 10.8. The molecule has 0 radical (unpaired) electrons. The van der Waals surface area contributed by atoms with E-state index >= 15 is 0 Å². The number of amides is 2. The van der Waals surface area contributed by atoms with Crippen LogP contribution < -0.4 is 5.43 Å². The third-order valence-electron chi connectivity index (χ3n) is 0.838. The van der Waals surface area contributed by atoms with Gasteiger partial charge in [0.15, 0.2) is 0 Å². The van der Waals surface area contributed by atoms with Crippen LogP contribution in [0.2, 0.25) is 0 Å². The number of hydrogen-bond acceptors (Lipinski definition) is 2. The van der Waals surface area contributed by atoms with E-state index in [0.717, 1.165) is 6.92 Å². The Morgan fingerprint density at radius 2 is 1.67 bits per heavy atom. The zero-order valence-corrected chi connectivity index (χ0v) is 6.40. The summed E-state index contributed by atoms with van der Waals surface area (Å²) in [4.78, 5) is 20.5. The van der Waals surface area contributed by atoms with Gasteiger partial charge in [-0.3, -0.25) is 15.0 Å². The van der Waals surface area contributed by atoms with Crippen molar-refractivity contribution < 1.29 is 22.8 Å². The molecule has 0 heterocycles. The topological polar surface area (TPSA) is 49.4 Å². The van der Waals surface area contributed by atoms with Crippen molar-refractivity contribution in [2.45, 2.75) is 20.1 Å². The molecule has 0 aromatic rings. The number of alkyl halides is 3. The average molecular weight is 184 g/mol. The second-order valence-corrected chi connectivity index (χ2v) is 1.99. The summed E-state index contributed by atoms with van der Waals surface area (Å²) in [5.74, 6) is -2.25. The Morgan fingerprint density at radius 3 is 1.75 bits per heavy atom. The summed E-state index contributed by atoms with van der Waals surface area (Å²) in [6, 6.07) is 0. The number of rotatable bonds is 0. The number of nitrogens with zero attached hydrogens (tertiary/aromatic N) is 1. The smallest absolute Gasteiger partial charge is 0.274 e. The number of carbonyl (C=O) groups excluding carboxylic acids is 2. The van der Waals surface area contributed by atoms with E-state index in [-0.39, 0.29) is 0 Å². The summed E-state index contributed by atoms with van der Waals surface area (Å²) in [7, 11) is 0. The molecular weight excluding hydrogens is 177 g/mol. The predicted molar refractivity (Wildman–Crippen MR) is 32.4 cm³/mol. The van der Waals surface area contributed by atoms with Gasteiger partial charge in [-0.2, -0.15) is 5.01 Å². The SMILES string of the molecule is CC(=O)NN(C(C)=O)C(F)(F)F. The lowest BCUT2D eigenvalue weighted by Gasteiger charge is -2.22. The van der Waals surface area contributed by atoms with Crippen molar-refractivity contribution in [3.8, 4) is 0 Å². The Kier molecular flexibility index (Phi) is 3.06. The zero-order chi connectivity index (χ0) is 9.94. The molecule has 0 aliphatic heterocycles. The summed E-state index contributed by atoms with van der Waals surface area (Å²) >= 11 is 0. The summed E-state index contributed by atoms with van der Waals surface area (Å²) < 4.78 is 35.5. The van der Waals surface area contributed by atoms with Crippen LogP contribution in [0.3, 0.4) is 0 Å². The summed E-state index contributed by atoms with van der Waals surface area (Å²) in [6.07, 6.45) is -4.88. The molecule has 0 bridgehead atoms. The molecule has 0 unspecified atom stereocenters. The first kappa shape index (κ1) is 10.7. The Labute approximate surface area is 66.3 Å². The maximum Gasteiger partial charge on any atom is 0.505 e. The van der Waals surface area contributed by atoms with Crippen molar-refractivity contribution in [2.75, 3.05) is 0 Å². The lowest BCUT2D eigenvalue weighted by molar-refractivity contribution is -0.253. The van der Waals surface area contributed by atoms with Crippen molar-refractivity contribution in [1.82, 2.24) is 10.4 Å². The van der Waals surface area contributed by atoms with Gasteiger partial charge in [0.1, 0.15) is 0 Å². The molecule has 0 aromatic carbocycles. The van der Waals surface area contributed by atoms with Crippen LogP contribution in [0.15, 0.2) is 0 Å². The standard InChI is InChI=1S/C5H7F3N2O2/c1-3(11)9-10(4(2)12)5(6,7)8/h1-2H3,(H,9,11). The van der Waals surface area contributed by atoms with Gasteiger partial charge in [0.05, 0.1) is 0 Å². The van der Waals surface area contributed by atoms with Gasteiger partial charge in [-0.05, 0) is 0 Å². The zero-order valence-electron chi connectivity index (χ0n) is 6.40. The molecule has 7 heteroatoms. The van der Waals surface area contributed by atoms with Crippen LogP contribution in [-0.2, 0) is 9.59 Å². The molecule has 70 valence electrons. The Bertz CT molecular complexity index is 201. The average Bonchev–Trinajstić information content (AvgIpc) is 1.79. The van der Waals surface area contributed by atoms with Crippen LogP contribution in [0.5, 0.6) is 0 Å². The Balaban J connectivity index is 4.46. The van der Waals surface area contributed by atoms with E-state index < -0.39 is 23.1 Å². The van der Waals surface area contributed by atoms with Gasteiger partial charge in [0, 0.05) is 13.8 Å². The highest BCUT2D eigenvalue weighted by Crippen LogP contribution is 2.18. The maximum atomic E-state index is 11.8. The fourth-order valence-corrected chi connectivity index (χ4v) is 0.478.